The van der Waals surface area contributed by atoms with Crippen LogP contribution < -0.4 is 9.47 Å². The van der Waals surface area contributed by atoms with Gasteiger partial charge in [0.25, 0.3) is 5.91 Å². The molecule has 13 nitrogen and oxygen atoms in total. The van der Waals surface area contributed by atoms with Crippen molar-refractivity contribution in [1.82, 2.24) is 4.90 Å². The molecule has 0 radical (unpaired) electrons. The van der Waals surface area contributed by atoms with E-state index < -0.39 is 11.9 Å². The van der Waals surface area contributed by atoms with Gasteiger partial charge in [0, 0.05) is 31.2 Å². The van der Waals surface area contributed by atoms with Crippen molar-refractivity contribution >= 4 is 59.1 Å². The van der Waals surface area contributed by atoms with Crippen molar-refractivity contribution in [2.75, 3.05) is 26.4 Å². The maximum atomic E-state index is 13.9. The minimum atomic E-state index is -0.408. The Labute approximate surface area is 402 Å². The first-order chi connectivity index (χ1) is 32.7. The summed E-state index contributed by atoms with van der Waals surface area (Å²) in [4.78, 5) is 71.3. The molecule has 3 aliphatic heterocycles. The monoisotopic (exact) mass is 956 g/mol. The third-order valence-corrected chi connectivity index (χ3v) is 17.2. The molecule has 8 rings (SSSR count). The summed E-state index contributed by atoms with van der Waals surface area (Å²) < 4.78 is 35.3. The number of amidine groups is 1. The van der Waals surface area contributed by atoms with E-state index in [2.05, 4.69) is 18.2 Å². The molecule has 7 aliphatic rings. The highest BCUT2D eigenvalue weighted by Gasteiger charge is 2.40. The zero-order valence-corrected chi connectivity index (χ0v) is 40.0. The fraction of sp³-hybridized carbons (Fsp3) is 0.577. The Balaban J connectivity index is 0.835. The zero-order valence-electron chi connectivity index (χ0n) is 38.4. The second-order valence-electron chi connectivity index (χ2n) is 18.7. The molecule has 0 bridgehead atoms. The average molecular weight is 957 g/mol. The molecule has 0 unspecified atom stereocenters. The average Bonchev–Trinajstić information content (AvgIpc) is 3.97. The maximum Gasteiger partial charge on any atom is 0.330 e. The number of esters is 4. The number of ether oxygens (including phenoxy) is 6. The molecule has 1 amide bonds. The number of carbonyl (C=O) groups is 5. The topological polar surface area (TPSA) is 156 Å². The van der Waals surface area contributed by atoms with Crippen LogP contribution in [0.2, 0.25) is 0 Å². The van der Waals surface area contributed by atoms with Crippen molar-refractivity contribution in [3.63, 3.8) is 0 Å². The number of thioether (sulfide) groups is 2. The summed E-state index contributed by atoms with van der Waals surface area (Å²) in [6, 6.07) is 3.46. The number of carbonyl (C=O) groups excluding carboxylic acids is 5. The lowest BCUT2D eigenvalue weighted by Gasteiger charge is -2.37. The fourth-order valence-corrected chi connectivity index (χ4v) is 13.4. The summed E-state index contributed by atoms with van der Waals surface area (Å²) in [5.41, 5.74) is 0.308. The normalized spacial score (nSPS) is 28.0. The summed E-state index contributed by atoms with van der Waals surface area (Å²) in [6.45, 7) is 8.65. The number of amides is 1. The highest BCUT2D eigenvalue weighted by Crippen LogP contribution is 2.60. The summed E-state index contributed by atoms with van der Waals surface area (Å²) in [6.07, 6.45) is 26.9. The van der Waals surface area contributed by atoms with Crippen LogP contribution >= 0.6 is 23.5 Å². The lowest BCUT2D eigenvalue weighted by molar-refractivity contribution is -0.142. The van der Waals surface area contributed by atoms with Gasteiger partial charge in [-0.25, -0.2) is 14.6 Å². The van der Waals surface area contributed by atoms with E-state index in [1.807, 2.05) is 6.08 Å². The number of fused-ring (bicyclic) bond motifs is 2. The smallest absolute Gasteiger partial charge is 0.330 e. The molecule has 0 N–H and O–H groups in total. The molecule has 0 atom stereocenters. The predicted octanol–water partition coefficient (Wildman–Crippen LogP) is 10.2. The highest BCUT2D eigenvalue weighted by molar-refractivity contribution is 8.24. The first-order valence-corrected chi connectivity index (χ1v) is 26.1. The van der Waals surface area contributed by atoms with E-state index in [4.69, 9.17) is 28.4 Å². The van der Waals surface area contributed by atoms with Crippen LogP contribution in [0.25, 0.3) is 0 Å². The Morgan fingerprint density at radius 2 is 1.04 bits per heavy atom. The molecule has 1 aromatic carbocycles. The number of allylic oxidation sites excluding steroid dienone is 2. The Hall–Kier alpha value is -4.44. The summed E-state index contributed by atoms with van der Waals surface area (Å²) >= 11 is 2.67. The first-order valence-electron chi connectivity index (χ1n) is 24.5. The number of benzene rings is 1. The van der Waals surface area contributed by atoms with Gasteiger partial charge in [0.2, 0.25) is 0 Å². The number of rotatable bonds is 18. The molecule has 0 saturated heterocycles. The second kappa shape index (κ2) is 23.7. The number of aliphatic imine (C=N–C) groups is 1. The van der Waals surface area contributed by atoms with E-state index in [1.54, 1.807) is 30.5 Å². The first kappa shape index (κ1) is 49.0. The minimum absolute atomic E-state index is 0.209. The molecule has 4 saturated carbocycles. The Morgan fingerprint density at radius 1 is 0.612 bits per heavy atom. The van der Waals surface area contributed by atoms with Crippen molar-refractivity contribution in [1.29, 1.82) is 0 Å². The zero-order chi connectivity index (χ0) is 46.7. The molecule has 0 aromatic heterocycles. The third kappa shape index (κ3) is 12.6. The van der Waals surface area contributed by atoms with E-state index in [-0.39, 0.29) is 41.9 Å². The fourth-order valence-electron chi connectivity index (χ4n) is 10.9. The summed E-state index contributed by atoms with van der Waals surface area (Å²) in [5.74, 6) is 1.77. The second-order valence-corrected chi connectivity index (χ2v) is 21.0. The molecule has 67 heavy (non-hydrogen) atoms. The molecule has 360 valence electrons. The molecular weight excluding hydrogens is 893 g/mol. The third-order valence-electron chi connectivity index (χ3n) is 14.6. The Morgan fingerprint density at radius 3 is 1.46 bits per heavy atom. The quantitative estimate of drug-likeness (QED) is 0.0593. The van der Waals surface area contributed by atoms with E-state index in [1.165, 1.54) is 40.6 Å². The van der Waals surface area contributed by atoms with Gasteiger partial charge in [-0.3, -0.25) is 19.3 Å². The maximum absolute atomic E-state index is 13.9. The van der Waals surface area contributed by atoms with Crippen LogP contribution in [0.3, 0.4) is 0 Å². The van der Waals surface area contributed by atoms with Crippen LogP contribution in [0.5, 0.6) is 11.5 Å². The van der Waals surface area contributed by atoms with E-state index in [9.17, 15) is 24.0 Å². The van der Waals surface area contributed by atoms with Gasteiger partial charge in [0.05, 0.1) is 64.5 Å². The van der Waals surface area contributed by atoms with Gasteiger partial charge in [0.15, 0.2) is 5.70 Å². The van der Waals surface area contributed by atoms with Crippen molar-refractivity contribution in [2.24, 2.45) is 40.5 Å². The number of nitrogens with zero attached hydrogens (tertiary/aromatic N) is 2. The van der Waals surface area contributed by atoms with Crippen LogP contribution in [0.1, 0.15) is 116 Å². The molecule has 15 heteroatoms. The Kier molecular flexibility index (Phi) is 17.3. The van der Waals surface area contributed by atoms with E-state index in [0.29, 0.717) is 100 Å². The van der Waals surface area contributed by atoms with Crippen LogP contribution in [-0.4, -0.2) is 79.2 Å². The molecular formula is C52H64N2O11S2. The number of hydrogen-bond donors (Lipinski definition) is 0. The van der Waals surface area contributed by atoms with Gasteiger partial charge in [-0.05, 0) is 151 Å². The van der Waals surface area contributed by atoms with Gasteiger partial charge in [-0.2, -0.15) is 0 Å². The van der Waals surface area contributed by atoms with Crippen molar-refractivity contribution in [2.45, 2.75) is 138 Å². The molecule has 4 aliphatic carbocycles. The molecule has 3 heterocycles. The van der Waals surface area contributed by atoms with Crippen molar-refractivity contribution < 1.29 is 52.4 Å². The van der Waals surface area contributed by atoms with Crippen molar-refractivity contribution in [3.05, 3.63) is 71.8 Å². The lowest BCUT2D eigenvalue weighted by atomic mass is 9.70. The van der Waals surface area contributed by atoms with Gasteiger partial charge in [0.1, 0.15) is 17.3 Å². The van der Waals surface area contributed by atoms with Crippen LogP contribution in [-0.2, 0) is 42.9 Å². The van der Waals surface area contributed by atoms with Gasteiger partial charge in [-0.15, -0.1) is 0 Å². The molecule has 4 fully saturated rings. The van der Waals surface area contributed by atoms with Gasteiger partial charge in [-0.1, -0.05) is 42.8 Å². The summed E-state index contributed by atoms with van der Waals surface area (Å²) in [7, 11) is 0. The summed E-state index contributed by atoms with van der Waals surface area (Å²) in [5, 5.41) is 0. The van der Waals surface area contributed by atoms with E-state index >= 15 is 0 Å². The Bertz CT molecular complexity index is 2020. The minimum Gasteiger partial charge on any atom is -0.462 e. The predicted molar refractivity (Wildman–Crippen MR) is 255 cm³/mol. The van der Waals surface area contributed by atoms with E-state index in [0.717, 1.165) is 103 Å². The largest absolute Gasteiger partial charge is 0.462 e. The number of hydrogen-bond acceptors (Lipinski definition) is 14. The van der Waals surface area contributed by atoms with Crippen molar-refractivity contribution in [3.8, 4) is 11.5 Å². The van der Waals surface area contributed by atoms with Crippen LogP contribution in [0.4, 0.5) is 0 Å². The molecule has 0 spiro atoms. The lowest BCUT2D eigenvalue weighted by Crippen LogP contribution is -2.31. The van der Waals surface area contributed by atoms with Crippen LogP contribution in [0, 0.1) is 35.5 Å². The molecule has 1 aromatic rings. The van der Waals surface area contributed by atoms with Gasteiger partial charge < -0.3 is 28.4 Å². The SMILES string of the molecule is C=CC(=O)OCCCOC1CCC(C2CCC(C(=O)Oc3ccc(OC(=O)C4CCC(C5CCC(OCCCOC(=O)C=C)CC5)CC4)c4c3SC(=C3N=C5C=CC=CN5C3=O)S4)CC2)CC1. The highest BCUT2D eigenvalue weighted by atomic mass is 32.2. The van der Waals surface area contributed by atoms with Gasteiger partial charge >= 0.3 is 23.9 Å². The standard InChI is InChI=1S/C52H64N2O11S2/c1-3-44(55)62-31-7-29-60-39-22-18-35(19-23-39)33-10-14-37(15-11-33)50(58)64-41-26-27-42(48-47(41)66-52(67-48)46-49(57)54-28-6-5-9-43(54)53-46)65-51(59)38-16-12-34(13-17-38)36-20-24-40(25-21-36)61-30-8-32-63-45(56)4-2/h3-6,9,26-28,33-40H,1-2,7-8,10-25,29-32H2. The van der Waals surface area contributed by atoms with Crippen LogP contribution in [0.15, 0.2) is 86.6 Å².